The maximum Gasteiger partial charge on any atom is 0.249 e. The van der Waals surface area contributed by atoms with Gasteiger partial charge in [0.05, 0.1) is 28.5 Å². The molecule has 0 aliphatic rings. The Morgan fingerprint density at radius 2 is 1.72 bits per heavy atom. The molecule has 8 heteroatoms. The van der Waals surface area contributed by atoms with Gasteiger partial charge in [0.15, 0.2) is 5.82 Å². The van der Waals surface area contributed by atoms with Crippen LogP contribution in [0.15, 0.2) is 48.7 Å². The van der Waals surface area contributed by atoms with E-state index >= 15 is 0 Å². The highest BCUT2D eigenvalue weighted by Gasteiger charge is 2.08. The van der Waals surface area contributed by atoms with E-state index in [4.69, 9.17) is 27.9 Å². The van der Waals surface area contributed by atoms with Gasteiger partial charge in [-0.25, -0.2) is 0 Å². The molecule has 128 valence electrons. The highest BCUT2D eigenvalue weighted by atomic mass is 35.5. The van der Waals surface area contributed by atoms with Crippen molar-refractivity contribution in [1.29, 1.82) is 0 Å². The van der Waals surface area contributed by atoms with Crippen LogP contribution in [0.25, 0.3) is 0 Å². The summed E-state index contributed by atoms with van der Waals surface area (Å²) in [5.74, 6) is 1.62. The standard InChI is InChI=1S/C17H15Cl2N5O/c1-2-25-12-8-6-11(7-9-12)21-17-23-15(10-20-24-17)22-16-13(18)4-3-5-14(16)19/h3-10H,2H2,1H3,(H2,21,22,23,24). The van der Waals surface area contributed by atoms with Crippen LogP contribution in [-0.2, 0) is 0 Å². The molecule has 2 aromatic carbocycles. The number of nitrogens with one attached hydrogen (secondary N) is 2. The first-order chi connectivity index (χ1) is 12.2. The van der Waals surface area contributed by atoms with Crippen LogP contribution in [0.3, 0.4) is 0 Å². The van der Waals surface area contributed by atoms with Crippen LogP contribution in [0.2, 0.25) is 10.0 Å². The summed E-state index contributed by atoms with van der Waals surface area (Å²) in [5.41, 5.74) is 1.39. The number of ether oxygens (including phenoxy) is 1. The highest BCUT2D eigenvalue weighted by Crippen LogP contribution is 2.32. The van der Waals surface area contributed by atoms with E-state index in [9.17, 15) is 0 Å². The molecule has 0 unspecified atom stereocenters. The van der Waals surface area contributed by atoms with E-state index in [1.807, 2.05) is 31.2 Å². The molecular formula is C17H15Cl2N5O. The summed E-state index contributed by atoms with van der Waals surface area (Å²) in [6.45, 7) is 2.56. The Morgan fingerprint density at radius 1 is 1.00 bits per heavy atom. The lowest BCUT2D eigenvalue weighted by Gasteiger charge is -2.10. The van der Waals surface area contributed by atoms with Crippen LogP contribution in [0, 0.1) is 0 Å². The SMILES string of the molecule is CCOc1ccc(Nc2nncc(Nc3c(Cl)cccc3Cl)n2)cc1. The number of benzene rings is 2. The minimum atomic E-state index is 0.345. The quantitative estimate of drug-likeness (QED) is 0.626. The molecule has 1 heterocycles. The topological polar surface area (TPSA) is 72.0 Å². The van der Waals surface area contributed by atoms with Gasteiger partial charge < -0.3 is 15.4 Å². The van der Waals surface area contributed by atoms with Crippen LogP contribution >= 0.6 is 23.2 Å². The highest BCUT2D eigenvalue weighted by molar-refractivity contribution is 6.39. The molecule has 1 aromatic heterocycles. The van der Waals surface area contributed by atoms with Gasteiger partial charge in [-0.2, -0.15) is 10.1 Å². The number of hydrogen-bond donors (Lipinski definition) is 2. The van der Waals surface area contributed by atoms with Gasteiger partial charge in [-0.15, -0.1) is 5.10 Å². The van der Waals surface area contributed by atoms with Crippen LogP contribution < -0.4 is 15.4 Å². The summed E-state index contributed by atoms with van der Waals surface area (Å²) >= 11 is 12.3. The predicted molar refractivity (Wildman–Crippen MR) is 100 cm³/mol. The largest absolute Gasteiger partial charge is 0.494 e. The molecule has 0 saturated heterocycles. The first kappa shape index (κ1) is 17.3. The first-order valence-corrected chi connectivity index (χ1v) is 8.32. The molecule has 0 fully saturated rings. The van der Waals surface area contributed by atoms with E-state index in [2.05, 4.69) is 25.8 Å². The minimum absolute atomic E-state index is 0.345. The molecule has 0 amide bonds. The molecule has 0 aliphatic heterocycles. The third kappa shape index (κ3) is 4.49. The normalized spacial score (nSPS) is 10.4. The van der Waals surface area contributed by atoms with Gasteiger partial charge in [-0.3, -0.25) is 0 Å². The average molecular weight is 376 g/mol. The van der Waals surface area contributed by atoms with Crippen molar-refractivity contribution in [2.45, 2.75) is 6.92 Å². The molecule has 0 atom stereocenters. The molecule has 3 aromatic rings. The molecule has 3 rings (SSSR count). The second-order valence-corrected chi connectivity index (χ2v) is 5.78. The summed E-state index contributed by atoms with van der Waals surface area (Å²) in [4.78, 5) is 4.36. The Hall–Kier alpha value is -2.57. The van der Waals surface area contributed by atoms with Crippen LogP contribution in [0.5, 0.6) is 5.75 Å². The smallest absolute Gasteiger partial charge is 0.249 e. The zero-order valence-corrected chi connectivity index (χ0v) is 14.8. The Morgan fingerprint density at radius 3 is 2.40 bits per heavy atom. The fourth-order valence-electron chi connectivity index (χ4n) is 2.09. The van der Waals surface area contributed by atoms with E-state index in [0.29, 0.717) is 34.1 Å². The van der Waals surface area contributed by atoms with Crippen molar-refractivity contribution in [2.75, 3.05) is 17.2 Å². The van der Waals surface area contributed by atoms with E-state index in [1.54, 1.807) is 18.2 Å². The number of anilines is 4. The Balaban J connectivity index is 1.75. The average Bonchev–Trinajstić information content (AvgIpc) is 2.61. The summed E-state index contributed by atoms with van der Waals surface area (Å²) in [6, 6.07) is 12.7. The summed E-state index contributed by atoms with van der Waals surface area (Å²) in [7, 11) is 0. The van der Waals surface area contributed by atoms with E-state index in [1.165, 1.54) is 6.20 Å². The monoisotopic (exact) mass is 375 g/mol. The lowest BCUT2D eigenvalue weighted by atomic mass is 10.3. The molecule has 0 radical (unpaired) electrons. The summed E-state index contributed by atoms with van der Waals surface area (Å²) in [6.07, 6.45) is 1.49. The van der Waals surface area contributed by atoms with E-state index in [-0.39, 0.29) is 0 Å². The van der Waals surface area contributed by atoms with Crippen molar-refractivity contribution in [1.82, 2.24) is 15.2 Å². The molecule has 6 nitrogen and oxygen atoms in total. The van der Waals surface area contributed by atoms with Gasteiger partial charge in [0, 0.05) is 5.69 Å². The second-order valence-electron chi connectivity index (χ2n) is 4.97. The third-order valence-corrected chi connectivity index (χ3v) is 3.83. The Labute approximate surface area is 155 Å². The molecule has 25 heavy (non-hydrogen) atoms. The number of rotatable bonds is 6. The molecule has 0 aliphatic carbocycles. The van der Waals surface area contributed by atoms with Gasteiger partial charge in [-0.05, 0) is 43.3 Å². The third-order valence-electron chi connectivity index (χ3n) is 3.20. The second kappa shape index (κ2) is 8.00. The van der Waals surface area contributed by atoms with Gasteiger partial charge >= 0.3 is 0 Å². The van der Waals surface area contributed by atoms with Crippen molar-refractivity contribution in [3.05, 3.63) is 58.7 Å². The Kier molecular flexibility index (Phi) is 5.53. The van der Waals surface area contributed by atoms with Crippen molar-refractivity contribution in [3.8, 4) is 5.75 Å². The molecule has 0 saturated carbocycles. The van der Waals surface area contributed by atoms with Gasteiger partial charge in [-0.1, -0.05) is 29.3 Å². The van der Waals surface area contributed by atoms with Crippen LogP contribution in [-0.4, -0.2) is 21.8 Å². The maximum atomic E-state index is 6.15. The fraction of sp³-hybridized carbons (Fsp3) is 0.118. The number of aromatic nitrogens is 3. The molecule has 0 bridgehead atoms. The number of nitrogens with zero attached hydrogens (tertiary/aromatic N) is 3. The van der Waals surface area contributed by atoms with Crippen molar-refractivity contribution in [3.63, 3.8) is 0 Å². The van der Waals surface area contributed by atoms with Gasteiger partial charge in [0.2, 0.25) is 5.95 Å². The minimum Gasteiger partial charge on any atom is -0.494 e. The maximum absolute atomic E-state index is 6.15. The van der Waals surface area contributed by atoms with Crippen molar-refractivity contribution in [2.24, 2.45) is 0 Å². The van der Waals surface area contributed by atoms with E-state index in [0.717, 1.165) is 11.4 Å². The predicted octanol–water partition coefficient (Wildman–Crippen LogP) is 5.06. The number of halogens is 2. The summed E-state index contributed by atoms with van der Waals surface area (Å²) in [5, 5.41) is 15.0. The zero-order valence-electron chi connectivity index (χ0n) is 13.3. The van der Waals surface area contributed by atoms with Crippen molar-refractivity contribution < 1.29 is 4.74 Å². The van der Waals surface area contributed by atoms with Crippen LogP contribution in [0.1, 0.15) is 6.92 Å². The van der Waals surface area contributed by atoms with Crippen molar-refractivity contribution >= 4 is 46.3 Å². The van der Waals surface area contributed by atoms with E-state index < -0.39 is 0 Å². The van der Waals surface area contributed by atoms with Gasteiger partial charge in [0.25, 0.3) is 0 Å². The lowest BCUT2D eigenvalue weighted by Crippen LogP contribution is -2.03. The molecular weight excluding hydrogens is 361 g/mol. The molecule has 2 N–H and O–H groups in total. The Bertz CT molecular complexity index is 838. The molecule has 0 spiro atoms. The zero-order chi connectivity index (χ0) is 17.6. The number of hydrogen-bond acceptors (Lipinski definition) is 6. The fourth-order valence-corrected chi connectivity index (χ4v) is 2.58. The lowest BCUT2D eigenvalue weighted by molar-refractivity contribution is 0.340. The number of para-hydroxylation sites is 1. The summed E-state index contributed by atoms with van der Waals surface area (Å²) < 4.78 is 5.41. The first-order valence-electron chi connectivity index (χ1n) is 7.56. The van der Waals surface area contributed by atoms with Crippen LogP contribution in [0.4, 0.5) is 23.1 Å². The van der Waals surface area contributed by atoms with Gasteiger partial charge in [0.1, 0.15) is 5.75 Å².